The molecule has 0 spiro atoms. The maximum absolute atomic E-state index is 14.4. The van der Waals surface area contributed by atoms with Gasteiger partial charge in [0.1, 0.15) is 11.7 Å². The first-order valence-corrected chi connectivity index (χ1v) is 22.4. The number of hydrogen-bond acceptors (Lipinski definition) is 8. The second kappa shape index (κ2) is 20.5. The Morgan fingerprint density at radius 2 is 1.44 bits per heavy atom. The van der Waals surface area contributed by atoms with E-state index in [0.29, 0.717) is 63.3 Å². The number of nitrogens with one attached hydrogen (secondary N) is 3. The highest BCUT2D eigenvalue weighted by Gasteiger charge is 2.68. The van der Waals surface area contributed by atoms with Crippen LogP contribution in [0.15, 0.2) is 109 Å². The van der Waals surface area contributed by atoms with Crippen LogP contribution in [0.5, 0.6) is 0 Å². The number of pyridine rings is 1. The molecule has 3 aromatic carbocycles. The van der Waals surface area contributed by atoms with Crippen LogP contribution in [0, 0.1) is 29.1 Å². The molecule has 2 bridgehead atoms. The first-order chi connectivity index (χ1) is 29.9. The van der Waals surface area contributed by atoms with Gasteiger partial charge in [0, 0.05) is 18.0 Å². The fourth-order valence-corrected chi connectivity index (χ4v) is 9.60. The lowest BCUT2D eigenvalue weighted by Crippen LogP contribution is -2.65. The monoisotopic (exact) mass is 842 g/mol. The summed E-state index contributed by atoms with van der Waals surface area (Å²) in [7, 11) is -0.661. The molecule has 1 aliphatic heterocycles. The smallest absolute Gasteiger partial charge is 0.404 e. The van der Waals surface area contributed by atoms with E-state index in [2.05, 4.69) is 55.6 Å². The Hall–Kier alpha value is -4.88. The molecule has 4 fully saturated rings. The van der Waals surface area contributed by atoms with Gasteiger partial charge in [0.05, 0.1) is 56.2 Å². The zero-order valence-corrected chi connectivity index (χ0v) is 36.9. The highest BCUT2D eigenvalue weighted by atomic mass is 16.7. The summed E-state index contributed by atoms with van der Waals surface area (Å²) in [5.74, 6) is -0.783. The fraction of sp³-hybridized carbons (Fsp3) is 0.480. The molecule has 0 unspecified atom stereocenters. The van der Waals surface area contributed by atoms with Crippen molar-refractivity contribution in [2.45, 2.75) is 104 Å². The van der Waals surface area contributed by atoms with Gasteiger partial charge in [-0.1, -0.05) is 125 Å². The molecule has 0 radical (unpaired) electrons. The Morgan fingerprint density at radius 3 is 2.05 bits per heavy atom. The van der Waals surface area contributed by atoms with Crippen molar-refractivity contribution in [2.75, 3.05) is 19.8 Å². The standard InChI is InChI=1S/C50H63BN4O7/c1-34(2)26-45(51-61-44-28-39-27-43(49(39,3)4)50(44,5)62-51)55-48(58)42(54-47(57)41-23-15-22-40(53-41)38-20-13-8-14-21-38)29-46(56)52-25-24-37(32-59-30-35-16-9-6-10-17-35)33-60-31-36-18-11-7-12-19-36/h6-23,34,37,39,42-45H,24-33H2,1-5H3,(H,52,56)(H,54,57)(H,55,58)/t39-,42-,43-,44+,45-,50-/m0/s1. The van der Waals surface area contributed by atoms with Crippen molar-refractivity contribution in [3.8, 4) is 11.3 Å². The van der Waals surface area contributed by atoms with Gasteiger partial charge in [0.25, 0.3) is 5.91 Å². The second-order valence-corrected chi connectivity index (χ2v) is 18.6. The number of carbonyl (C=O) groups excluding carboxylic acids is 3. The summed E-state index contributed by atoms with van der Waals surface area (Å²) < 4.78 is 25.7. The Balaban J connectivity index is 1.02. The first-order valence-electron chi connectivity index (χ1n) is 22.4. The van der Waals surface area contributed by atoms with Crippen molar-refractivity contribution < 1.29 is 33.2 Å². The number of amides is 3. The Morgan fingerprint density at radius 1 is 0.806 bits per heavy atom. The van der Waals surface area contributed by atoms with Crippen LogP contribution in [0.2, 0.25) is 0 Å². The van der Waals surface area contributed by atoms with Crippen LogP contribution < -0.4 is 16.0 Å². The molecule has 328 valence electrons. The van der Waals surface area contributed by atoms with E-state index in [4.69, 9.17) is 18.8 Å². The van der Waals surface area contributed by atoms with Crippen LogP contribution in [0.3, 0.4) is 0 Å². The summed E-state index contributed by atoms with van der Waals surface area (Å²) in [6, 6.07) is 33.5. The quantitative estimate of drug-likeness (QED) is 0.0731. The highest BCUT2D eigenvalue weighted by molar-refractivity contribution is 6.48. The summed E-state index contributed by atoms with van der Waals surface area (Å²) in [5.41, 5.74) is 3.48. The Kier molecular flexibility index (Phi) is 15.0. The summed E-state index contributed by atoms with van der Waals surface area (Å²) in [6.07, 6.45) is 2.86. The normalized spacial score (nSPS) is 22.0. The maximum atomic E-state index is 14.4. The van der Waals surface area contributed by atoms with Gasteiger partial charge in [-0.2, -0.15) is 0 Å². The molecule has 6 atom stereocenters. The number of ether oxygens (including phenoxy) is 2. The minimum absolute atomic E-state index is 0.00487. The van der Waals surface area contributed by atoms with Crippen molar-refractivity contribution in [1.29, 1.82) is 0 Å². The van der Waals surface area contributed by atoms with E-state index in [-0.39, 0.29) is 41.4 Å². The lowest BCUT2D eigenvalue weighted by molar-refractivity contribution is -0.199. The molecule has 4 aliphatic rings. The van der Waals surface area contributed by atoms with E-state index in [1.165, 1.54) is 0 Å². The first kappa shape index (κ1) is 45.2. The van der Waals surface area contributed by atoms with E-state index in [1.54, 1.807) is 12.1 Å². The van der Waals surface area contributed by atoms with Crippen molar-refractivity contribution in [3.05, 3.63) is 126 Å². The molecule has 1 saturated heterocycles. The van der Waals surface area contributed by atoms with Gasteiger partial charge in [-0.15, -0.1) is 0 Å². The van der Waals surface area contributed by atoms with Crippen molar-refractivity contribution in [2.24, 2.45) is 29.1 Å². The number of benzene rings is 3. The minimum Gasteiger partial charge on any atom is -0.404 e. The number of rotatable bonds is 21. The van der Waals surface area contributed by atoms with Crippen molar-refractivity contribution in [3.63, 3.8) is 0 Å². The summed E-state index contributed by atoms with van der Waals surface area (Å²) in [6.45, 7) is 13.1. The molecule has 3 amide bonds. The topological polar surface area (TPSA) is 137 Å². The number of carbonyl (C=O) groups is 3. The molecule has 62 heavy (non-hydrogen) atoms. The van der Waals surface area contributed by atoms with Gasteiger partial charge in [0.15, 0.2) is 0 Å². The Labute approximate surface area is 367 Å². The molecule has 11 nitrogen and oxygen atoms in total. The third-order valence-electron chi connectivity index (χ3n) is 13.2. The molecule has 3 aliphatic carbocycles. The van der Waals surface area contributed by atoms with Gasteiger partial charge in [-0.25, -0.2) is 4.98 Å². The van der Waals surface area contributed by atoms with Crippen LogP contribution in [-0.2, 0) is 41.6 Å². The molecule has 1 aromatic heterocycles. The fourth-order valence-electron chi connectivity index (χ4n) is 9.60. The summed E-state index contributed by atoms with van der Waals surface area (Å²) >= 11 is 0. The molecule has 12 heteroatoms. The summed E-state index contributed by atoms with van der Waals surface area (Å²) in [5, 5.41) is 9.05. The van der Waals surface area contributed by atoms with E-state index in [9.17, 15) is 14.4 Å². The molecule has 3 N–H and O–H groups in total. The maximum Gasteiger partial charge on any atom is 0.481 e. The molecule has 3 saturated carbocycles. The lowest BCUT2D eigenvalue weighted by Gasteiger charge is -2.64. The average molecular weight is 843 g/mol. The van der Waals surface area contributed by atoms with Crippen LogP contribution >= 0.6 is 0 Å². The zero-order valence-electron chi connectivity index (χ0n) is 36.9. The van der Waals surface area contributed by atoms with Crippen LogP contribution in [-0.4, -0.2) is 73.3 Å². The van der Waals surface area contributed by atoms with Gasteiger partial charge in [-0.3, -0.25) is 14.4 Å². The molecule has 2 heterocycles. The predicted octanol–water partition coefficient (Wildman–Crippen LogP) is 7.59. The van der Waals surface area contributed by atoms with E-state index in [0.717, 1.165) is 29.5 Å². The molecular weight excluding hydrogens is 779 g/mol. The third kappa shape index (κ3) is 11.2. The zero-order chi connectivity index (χ0) is 43.7. The number of hydrogen-bond donors (Lipinski definition) is 3. The molecular formula is C50H63BN4O7. The number of aromatic nitrogens is 1. The SMILES string of the molecule is CC(C)C[C@H](NC(=O)[C@H](CC(=O)NCCC(COCc1ccccc1)COCc1ccccc1)NC(=O)c1cccc(-c2ccccc2)n1)B1O[C@@H]2C[C@@H]3C[C@@H](C3(C)C)[C@]2(C)O1. The van der Waals surface area contributed by atoms with Gasteiger partial charge >= 0.3 is 7.12 Å². The van der Waals surface area contributed by atoms with Crippen LogP contribution in [0.25, 0.3) is 11.3 Å². The summed E-state index contributed by atoms with van der Waals surface area (Å²) in [4.78, 5) is 46.7. The average Bonchev–Trinajstić information content (AvgIpc) is 3.64. The Bertz CT molecular complexity index is 2050. The molecule has 4 aromatic rings. The van der Waals surface area contributed by atoms with Gasteiger partial charge < -0.3 is 34.7 Å². The second-order valence-electron chi connectivity index (χ2n) is 18.6. The van der Waals surface area contributed by atoms with E-state index in [1.807, 2.05) is 97.1 Å². The molecule has 8 rings (SSSR count). The third-order valence-corrected chi connectivity index (χ3v) is 13.2. The van der Waals surface area contributed by atoms with Crippen LogP contribution in [0.1, 0.15) is 88.3 Å². The predicted molar refractivity (Wildman–Crippen MR) is 240 cm³/mol. The van der Waals surface area contributed by atoms with Gasteiger partial charge in [0.2, 0.25) is 11.8 Å². The van der Waals surface area contributed by atoms with Gasteiger partial charge in [-0.05, 0) is 79.0 Å². The van der Waals surface area contributed by atoms with Crippen LogP contribution in [0.4, 0.5) is 0 Å². The lowest BCUT2D eigenvalue weighted by atomic mass is 9.43. The number of nitrogens with zero attached hydrogens (tertiary/aromatic N) is 1. The van der Waals surface area contributed by atoms with Crippen molar-refractivity contribution >= 4 is 24.8 Å². The van der Waals surface area contributed by atoms with Crippen molar-refractivity contribution in [1.82, 2.24) is 20.9 Å². The highest BCUT2D eigenvalue weighted by Crippen LogP contribution is 2.65. The minimum atomic E-state index is -1.20. The largest absolute Gasteiger partial charge is 0.481 e. The van der Waals surface area contributed by atoms with E-state index < -0.39 is 36.5 Å². The van der Waals surface area contributed by atoms with E-state index >= 15 is 0 Å².